The molecule has 30 heavy (non-hydrogen) atoms. The van der Waals surface area contributed by atoms with Crippen molar-refractivity contribution in [2.75, 3.05) is 13.2 Å². The molecule has 0 aliphatic heterocycles. The van der Waals surface area contributed by atoms with Crippen molar-refractivity contribution >= 4 is 33.9 Å². The number of ether oxygens (including phenoxy) is 4. The van der Waals surface area contributed by atoms with Gasteiger partial charge in [0.2, 0.25) is 0 Å². The van der Waals surface area contributed by atoms with Gasteiger partial charge >= 0.3 is 12.3 Å². The normalized spacial score (nSPS) is 10.8. The van der Waals surface area contributed by atoms with Crippen LogP contribution in [0.1, 0.15) is 39.2 Å². The lowest BCUT2D eigenvalue weighted by Crippen LogP contribution is -2.12. The molecule has 0 saturated heterocycles. The van der Waals surface area contributed by atoms with Crippen LogP contribution in [0.2, 0.25) is 0 Å². The average molecular weight is 410 g/mol. The van der Waals surface area contributed by atoms with E-state index in [-0.39, 0.29) is 13.2 Å². The van der Waals surface area contributed by atoms with Crippen LogP contribution in [0.25, 0.3) is 21.5 Å². The van der Waals surface area contributed by atoms with E-state index in [2.05, 4.69) is 6.92 Å². The van der Waals surface area contributed by atoms with E-state index in [1.807, 2.05) is 42.5 Å². The van der Waals surface area contributed by atoms with Gasteiger partial charge in [-0.2, -0.15) is 0 Å². The minimum absolute atomic E-state index is 0.208. The molecule has 0 aliphatic rings. The van der Waals surface area contributed by atoms with Crippen LogP contribution in [0.15, 0.2) is 42.5 Å². The maximum atomic E-state index is 12.2. The van der Waals surface area contributed by atoms with E-state index in [9.17, 15) is 9.59 Å². The zero-order valence-electron chi connectivity index (χ0n) is 17.5. The molecule has 0 bridgehead atoms. The predicted molar refractivity (Wildman–Crippen MR) is 115 cm³/mol. The van der Waals surface area contributed by atoms with E-state index >= 15 is 0 Å². The zero-order chi connectivity index (χ0) is 21.5. The van der Waals surface area contributed by atoms with Gasteiger partial charge in [0.1, 0.15) is 11.5 Å². The Hall–Kier alpha value is -3.28. The Morgan fingerprint density at radius 1 is 0.733 bits per heavy atom. The summed E-state index contributed by atoms with van der Waals surface area (Å²) in [6.07, 6.45) is 1.45. The summed E-state index contributed by atoms with van der Waals surface area (Å²) in [7, 11) is 0. The molecular weight excluding hydrogens is 384 g/mol. The molecular formula is C24H26O6. The lowest BCUT2D eigenvalue weighted by atomic mass is 9.97. The number of benzene rings is 3. The number of hydrogen-bond donors (Lipinski definition) is 0. The summed E-state index contributed by atoms with van der Waals surface area (Å²) in [6, 6.07) is 13.2. The Kier molecular flexibility index (Phi) is 7.12. The third-order valence-corrected chi connectivity index (χ3v) is 4.70. The minimum Gasteiger partial charge on any atom is -0.434 e. The fraction of sp³-hybridized carbons (Fsp3) is 0.333. The molecule has 6 nitrogen and oxygen atoms in total. The molecule has 0 N–H and O–H groups in total. The van der Waals surface area contributed by atoms with Crippen molar-refractivity contribution in [3.8, 4) is 11.5 Å². The molecule has 0 radical (unpaired) electrons. The summed E-state index contributed by atoms with van der Waals surface area (Å²) < 4.78 is 21.2. The van der Waals surface area contributed by atoms with Gasteiger partial charge in [-0.1, -0.05) is 49.7 Å². The van der Waals surface area contributed by atoms with E-state index in [1.165, 1.54) is 0 Å². The van der Waals surface area contributed by atoms with Gasteiger partial charge < -0.3 is 18.9 Å². The Morgan fingerprint density at radius 2 is 1.27 bits per heavy atom. The fourth-order valence-corrected chi connectivity index (χ4v) is 3.36. The molecule has 0 fully saturated rings. The molecule has 0 aromatic heterocycles. The maximum absolute atomic E-state index is 12.2. The van der Waals surface area contributed by atoms with Crippen LogP contribution in [0.4, 0.5) is 9.59 Å². The summed E-state index contributed by atoms with van der Waals surface area (Å²) in [4.78, 5) is 24.3. The van der Waals surface area contributed by atoms with Crippen LogP contribution in [-0.2, 0) is 15.9 Å². The van der Waals surface area contributed by atoms with Crippen LogP contribution >= 0.6 is 0 Å². The molecule has 0 atom stereocenters. The molecule has 0 heterocycles. The van der Waals surface area contributed by atoms with Crippen LogP contribution < -0.4 is 9.47 Å². The second-order valence-corrected chi connectivity index (χ2v) is 6.76. The van der Waals surface area contributed by atoms with Crippen molar-refractivity contribution in [3.63, 3.8) is 0 Å². The largest absolute Gasteiger partial charge is 0.513 e. The van der Waals surface area contributed by atoms with Gasteiger partial charge in [-0.05, 0) is 38.3 Å². The van der Waals surface area contributed by atoms with E-state index in [0.29, 0.717) is 33.0 Å². The summed E-state index contributed by atoms with van der Waals surface area (Å²) in [6.45, 7) is 5.99. The first kappa shape index (κ1) is 21.4. The summed E-state index contributed by atoms with van der Waals surface area (Å²) in [5, 5.41) is 2.61. The Morgan fingerprint density at radius 3 is 1.80 bits per heavy atom. The highest BCUT2D eigenvalue weighted by Crippen LogP contribution is 2.43. The van der Waals surface area contributed by atoms with Crippen molar-refractivity contribution in [2.45, 2.75) is 40.0 Å². The number of hydrogen-bond acceptors (Lipinski definition) is 6. The first-order valence-corrected chi connectivity index (χ1v) is 10.3. The van der Waals surface area contributed by atoms with Gasteiger partial charge in [0.25, 0.3) is 0 Å². The standard InChI is InChI=1S/C24H26O6/c1-4-7-10-16-13-14-19-20(15-16)22(30-24(26)28-6-3)18-12-9-8-11-17(18)21(19)29-23(25)27-5-2/h8-9,11-15H,4-7,10H2,1-3H3. The molecule has 3 aromatic carbocycles. The average Bonchev–Trinajstić information content (AvgIpc) is 2.74. The summed E-state index contributed by atoms with van der Waals surface area (Å²) in [5.41, 5.74) is 1.11. The highest BCUT2D eigenvalue weighted by molar-refractivity contribution is 6.12. The van der Waals surface area contributed by atoms with Crippen LogP contribution in [0, 0.1) is 0 Å². The highest BCUT2D eigenvalue weighted by atomic mass is 16.7. The van der Waals surface area contributed by atoms with Crippen LogP contribution in [0.5, 0.6) is 11.5 Å². The maximum Gasteiger partial charge on any atom is 0.513 e. The first-order valence-electron chi connectivity index (χ1n) is 10.3. The van der Waals surface area contributed by atoms with Crippen molar-refractivity contribution in [3.05, 3.63) is 48.0 Å². The molecule has 0 saturated carbocycles. The molecule has 3 aromatic rings. The van der Waals surface area contributed by atoms with E-state index in [0.717, 1.165) is 24.8 Å². The van der Waals surface area contributed by atoms with Gasteiger partial charge in [-0.15, -0.1) is 0 Å². The topological polar surface area (TPSA) is 71.1 Å². The Balaban J connectivity index is 2.26. The van der Waals surface area contributed by atoms with Crippen molar-refractivity contribution in [1.82, 2.24) is 0 Å². The molecule has 0 amide bonds. The van der Waals surface area contributed by atoms with Gasteiger partial charge in [0.15, 0.2) is 0 Å². The Bertz CT molecular complexity index is 1060. The third kappa shape index (κ3) is 4.64. The van der Waals surface area contributed by atoms with Gasteiger partial charge in [0.05, 0.1) is 13.2 Å². The fourth-order valence-electron chi connectivity index (χ4n) is 3.36. The highest BCUT2D eigenvalue weighted by Gasteiger charge is 2.21. The number of carbonyl (C=O) groups is 2. The molecule has 0 aliphatic carbocycles. The number of fused-ring (bicyclic) bond motifs is 2. The molecule has 3 rings (SSSR count). The SMILES string of the molecule is CCCCc1ccc2c(OC(=O)OCC)c3ccccc3c(OC(=O)OCC)c2c1. The van der Waals surface area contributed by atoms with E-state index in [4.69, 9.17) is 18.9 Å². The second kappa shape index (κ2) is 9.96. The predicted octanol–water partition coefficient (Wildman–Crippen LogP) is 6.41. The molecule has 158 valence electrons. The lowest BCUT2D eigenvalue weighted by molar-refractivity contribution is 0.103. The van der Waals surface area contributed by atoms with Crippen LogP contribution in [-0.4, -0.2) is 25.5 Å². The second-order valence-electron chi connectivity index (χ2n) is 6.76. The minimum atomic E-state index is -0.780. The quantitative estimate of drug-likeness (QED) is 0.255. The van der Waals surface area contributed by atoms with E-state index in [1.54, 1.807) is 13.8 Å². The van der Waals surface area contributed by atoms with Gasteiger partial charge in [-0.25, -0.2) is 9.59 Å². The first-order chi connectivity index (χ1) is 14.6. The van der Waals surface area contributed by atoms with Crippen molar-refractivity contribution < 1.29 is 28.5 Å². The zero-order valence-corrected chi connectivity index (χ0v) is 17.5. The number of carbonyl (C=O) groups excluding carboxylic acids is 2. The molecule has 6 heteroatoms. The molecule has 0 unspecified atom stereocenters. The van der Waals surface area contributed by atoms with Crippen molar-refractivity contribution in [1.29, 1.82) is 0 Å². The van der Waals surface area contributed by atoms with Crippen molar-refractivity contribution in [2.24, 2.45) is 0 Å². The number of unbranched alkanes of at least 4 members (excludes halogenated alkanes) is 1. The lowest BCUT2D eigenvalue weighted by Gasteiger charge is -2.16. The summed E-state index contributed by atoms with van der Waals surface area (Å²) >= 11 is 0. The van der Waals surface area contributed by atoms with E-state index < -0.39 is 12.3 Å². The summed E-state index contributed by atoms with van der Waals surface area (Å²) in [5.74, 6) is 0.755. The Labute approximate surface area is 175 Å². The van der Waals surface area contributed by atoms with Gasteiger partial charge in [0, 0.05) is 21.5 Å². The van der Waals surface area contributed by atoms with Gasteiger partial charge in [-0.3, -0.25) is 0 Å². The van der Waals surface area contributed by atoms with Crippen LogP contribution in [0.3, 0.4) is 0 Å². The molecule has 0 spiro atoms. The monoisotopic (exact) mass is 410 g/mol. The number of rotatable bonds is 7. The smallest absolute Gasteiger partial charge is 0.434 e. The number of aryl methyl sites for hydroxylation is 1. The third-order valence-electron chi connectivity index (χ3n) is 4.70.